The van der Waals surface area contributed by atoms with E-state index in [0.717, 1.165) is 44.8 Å². The van der Waals surface area contributed by atoms with Gasteiger partial charge >= 0.3 is 0 Å². The Morgan fingerprint density at radius 3 is 2.32 bits per heavy atom. The van der Waals surface area contributed by atoms with Crippen LogP contribution in [-0.4, -0.2) is 42.5 Å². The van der Waals surface area contributed by atoms with E-state index in [4.69, 9.17) is 5.73 Å². The molecule has 2 N–H and O–H groups in total. The molecule has 3 rings (SSSR count). The molecule has 190 valence electrons. The first-order valence-corrected chi connectivity index (χ1v) is 13.9. The molecule has 2 aliphatic rings. The van der Waals surface area contributed by atoms with E-state index in [0.29, 0.717) is 6.04 Å². The van der Waals surface area contributed by atoms with Gasteiger partial charge in [-0.1, -0.05) is 76.2 Å². The number of nitrogens with two attached hydrogens (primary N) is 1. The molecule has 1 amide bonds. The van der Waals surface area contributed by atoms with Gasteiger partial charge in [0.2, 0.25) is 5.91 Å². The van der Waals surface area contributed by atoms with E-state index in [2.05, 4.69) is 62.9 Å². The third kappa shape index (κ3) is 7.60. The summed E-state index contributed by atoms with van der Waals surface area (Å²) in [7, 11) is 0. The topological polar surface area (TPSA) is 49.6 Å². The molecule has 1 heterocycles. The average Bonchev–Trinajstić information content (AvgIpc) is 2.87. The number of amides is 1. The van der Waals surface area contributed by atoms with Crippen molar-refractivity contribution in [2.45, 2.75) is 104 Å². The molecule has 2 atom stereocenters. The second kappa shape index (κ2) is 13.3. The number of hydrogen-bond donors (Lipinski definition) is 1. The summed E-state index contributed by atoms with van der Waals surface area (Å²) < 4.78 is 0. The van der Waals surface area contributed by atoms with E-state index in [1.165, 1.54) is 61.8 Å². The number of likely N-dealkylation sites (tertiary alicyclic amines) is 1. The van der Waals surface area contributed by atoms with Crippen molar-refractivity contribution in [2.75, 3.05) is 24.5 Å². The van der Waals surface area contributed by atoms with Crippen LogP contribution in [0.2, 0.25) is 0 Å². The Morgan fingerprint density at radius 1 is 1.09 bits per heavy atom. The average molecular weight is 468 g/mol. The Bertz CT molecular complexity index is 769. The second-order valence-electron chi connectivity index (χ2n) is 11.1. The minimum Gasteiger partial charge on any atom is -0.365 e. The van der Waals surface area contributed by atoms with Gasteiger partial charge in [-0.15, -0.1) is 0 Å². The maximum atomic E-state index is 12.9. The summed E-state index contributed by atoms with van der Waals surface area (Å²) in [6.45, 7) is 11.1. The molecule has 4 heteroatoms. The van der Waals surface area contributed by atoms with Crippen LogP contribution < -0.4 is 10.6 Å². The number of carbonyl (C=O) groups is 1. The highest BCUT2D eigenvalue weighted by Gasteiger charge is 2.30. The predicted molar refractivity (Wildman–Crippen MR) is 145 cm³/mol. The molecular weight excluding hydrogens is 418 g/mol. The molecule has 1 saturated carbocycles. The molecule has 0 aromatic heterocycles. The van der Waals surface area contributed by atoms with Crippen molar-refractivity contribution < 1.29 is 4.79 Å². The zero-order valence-electron chi connectivity index (χ0n) is 22.3. The fourth-order valence-corrected chi connectivity index (χ4v) is 5.55. The predicted octanol–water partition coefficient (Wildman–Crippen LogP) is 6.34. The lowest BCUT2D eigenvalue weighted by atomic mass is 9.85. The van der Waals surface area contributed by atoms with Crippen LogP contribution in [0.1, 0.15) is 91.0 Å². The van der Waals surface area contributed by atoms with Gasteiger partial charge in [0.05, 0.1) is 6.04 Å². The van der Waals surface area contributed by atoms with Gasteiger partial charge in [-0.25, -0.2) is 0 Å². The number of aryl methyl sites for hydroxylation is 1. The molecule has 1 saturated heterocycles. The number of rotatable bonds is 10. The van der Waals surface area contributed by atoms with Gasteiger partial charge in [0, 0.05) is 31.4 Å². The van der Waals surface area contributed by atoms with Gasteiger partial charge in [0.15, 0.2) is 0 Å². The molecule has 2 fully saturated rings. The van der Waals surface area contributed by atoms with Crippen LogP contribution in [0.15, 0.2) is 35.9 Å². The summed E-state index contributed by atoms with van der Waals surface area (Å²) in [5.74, 6) is 1.30. The Balaban J connectivity index is 1.60. The SMILES string of the molecule is CCC(C)C(N)C(=O)N1CCC(N(CC=C(C)C)c2ccc(CCC3CCCCC3)cc2)CC1. The lowest BCUT2D eigenvalue weighted by molar-refractivity contribution is -0.134. The Kier molecular flexibility index (Phi) is 10.5. The van der Waals surface area contributed by atoms with Crippen molar-refractivity contribution in [1.82, 2.24) is 4.90 Å². The monoisotopic (exact) mass is 467 g/mol. The third-order valence-corrected chi connectivity index (χ3v) is 8.29. The van der Waals surface area contributed by atoms with Crippen molar-refractivity contribution in [3.05, 3.63) is 41.5 Å². The first-order valence-electron chi connectivity index (χ1n) is 13.9. The summed E-state index contributed by atoms with van der Waals surface area (Å²) in [6.07, 6.45) is 15.0. The largest absolute Gasteiger partial charge is 0.365 e. The van der Waals surface area contributed by atoms with Crippen molar-refractivity contribution in [3.8, 4) is 0 Å². The van der Waals surface area contributed by atoms with Crippen LogP contribution in [0.4, 0.5) is 5.69 Å². The lowest BCUT2D eigenvalue weighted by Crippen LogP contribution is -2.52. The summed E-state index contributed by atoms with van der Waals surface area (Å²) in [4.78, 5) is 17.4. The van der Waals surface area contributed by atoms with Crippen molar-refractivity contribution >= 4 is 11.6 Å². The van der Waals surface area contributed by atoms with Crippen LogP contribution in [0.3, 0.4) is 0 Å². The number of anilines is 1. The molecule has 1 aromatic rings. The third-order valence-electron chi connectivity index (χ3n) is 8.29. The number of hydrogen-bond acceptors (Lipinski definition) is 3. The number of allylic oxidation sites excluding steroid dienone is 1. The molecule has 0 radical (unpaired) electrons. The fourth-order valence-electron chi connectivity index (χ4n) is 5.55. The summed E-state index contributed by atoms with van der Waals surface area (Å²) in [6, 6.07) is 9.42. The highest BCUT2D eigenvalue weighted by atomic mass is 16.2. The molecule has 34 heavy (non-hydrogen) atoms. The first kappa shape index (κ1) is 26.8. The molecule has 0 spiro atoms. The normalized spacial score (nSPS) is 19.5. The molecule has 4 nitrogen and oxygen atoms in total. The minimum atomic E-state index is -0.371. The smallest absolute Gasteiger partial charge is 0.239 e. The van der Waals surface area contributed by atoms with Crippen LogP contribution in [0.5, 0.6) is 0 Å². The van der Waals surface area contributed by atoms with Gasteiger partial charge in [-0.2, -0.15) is 0 Å². The zero-order chi connectivity index (χ0) is 24.5. The first-order chi connectivity index (χ1) is 16.4. The Hall–Kier alpha value is -1.81. The number of carbonyl (C=O) groups excluding carboxylic acids is 1. The van der Waals surface area contributed by atoms with Gasteiger partial charge in [0.1, 0.15) is 0 Å². The molecule has 0 bridgehead atoms. The highest BCUT2D eigenvalue weighted by molar-refractivity contribution is 5.82. The molecule has 2 unspecified atom stereocenters. The maximum absolute atomic E-state index is 12.9. The van der Waals surface area contributed by atoms with Gasteiger partial charge < -0.3 is 15.5 Å². The number of piperidine rings is 1. The second-order valence-corrected chi connectivity index (χ2v) is 11.1. The van der Waals surface area contributed by atoms with Crippen LogP contribution in [0.25, 0.3) is 0 Å². The van der Waals surface area contributed by atoms with Gasteiger partial charge in [-0.3, -0.25) is 4.79 Å². The molecule has 1 aliphatic carbocycles. The highest BCUT2D eigenvalue weighted by Crippen LogP contribution is 2.29. The maximum Gasteiger partial charge on any atom is 0.239 e. The van der Waals surface area contributed by atoms with E-state index in [1.54, 1.807) is 0 Å². The lowest BCUT2D eigenvalue weighted by Gasteiger charge is -2.40. The van der Waals surface area contributed by atoms with E-state index in [-0.39, 0.29) is 17.9 Å². The Morgan fingerprint density at radius 2 is 1.74 bits per heavy atom. The number of benzene rings is 1. The van der Waals surface area contributed by atoms with Crippen molar-refractivity contribution in [2.24, 2.45) is 17.6 Å². The van der Waals surface area contributed by atoms with Crippen LogP contribution >= 0.6 is 0 Å². The van der Waals surface area contributed by atoms with Crippen LogP contribution in [-0.2, 0) is 11.2 Å². The fraction of sp³-hybridized carbons (Fsp3) is 0.700. The minimum absolute atomic E-state index is 0.131. The summed E-state index contributed by atoms with van der Waals surface area (Å²) >= 11 is 0. The van der Waals surface area contributed by atoms with Gasteiger partial charge in [-0.05, 0) is 69.1 Å². The molecular formula is C30H49N3O. The van der Waals surface area contributed by atoms with Crippen molar-refractivity contribution in [1.29, 1.82) is 0 Å². The van der Waals surface area contributed by atoms with Crippen LogP contribution in [0, 0.1) is 11.8 Å². The quantitative estimate of drug-likeness (QED) is 0.409. The van der Waals surface area contributed by atoms with E-state index >= 15 is 0 Å². The molecule has 1 aromatic carbocycles. The molecule has 1 aliphatic heterocycles. The van der Waals surface area contributed by atoms with E-state index < -0.39 is 0 Å². The standard InChI is InChI=1S/C30H49N3O/c1-5-24(4)29(31)30(34)32-20-18-28(19-21-32)33(22-17-23(2)3)27-15-13-26(14-16-27)12-11-25-9-7-6-8-10-25/h13-17,24-25,28-29H,5-12,18-22,31H2,1-4H3. The van der Waals surface area contributed by atoms with E-state index in [1.807, 2.05) is 4.90 Å². The van der Waals surface area contributed by atoms with E-state index in [9.17, 15) is 4.79 Å². The summed E-state index contributed by atoms with van der Waals surface area (Å²) in [5.41, 5.74) is 10.4. The zero-order valence-corrected chi connectivity index (χ0v) is 22.3. The number of nitrogens with zero attached hydrogens (tertiary/aromatic N) is 2. The van der Waals surface area contributed by atoms with Crippen molar-refractivity contribution in [3.63, 3.8) is 0 Å². The van der Waals surface area contributed by atoms with Gasteiger partial charge in [0.25, 0.3) is 0 Å². The summed E-state index contributed by atoms with van der Waals surface area (Å²) in [5, 5.41) is 0. The Labute approximate surface area is 209 Å².